The van der Waals surface area contributed by atoms with Crippen LogP contribution in [0.2, 0.25) is 0 Å². The van der Waals surface area contributed by atoms with Crippen molar-refractivity contribution in [2.75, 3.05) is 12.3 Å². The summed E-state index contributed by atoms with van der Waals surface area (Å²) in [5.74, 6) is -1.52. The van der Waals surface area contributed by atoms with Gasteiger partial charge in [-0.3, -0.25) is 9.59 Å². The molecule has 0 spiro atoms. The molecule has 0 bridgehead atoms. The first-order valence-corrected chi connectivity index (χ1v) is 4.61. The summed E-state index contributed by atoms with van der Waals surface area (Å²) in [4.78, 5) is 21.3. The fourth-order valence-corrected chi connectivity index (χ4v) is 1.00. The van der Waals surface area contributed by atoms with Crippen molar-refractivity contribution in [1.29, 1.82) is 0 Å². The Balaban J connectivity index is 2.50. The number of carboxylic acids is 1. The fourth-order valence-electron chi connectivity index (χ4n) is 1.00. The average molecular weight is 220 g/mol. The second-order valence-corrected chi connectivity index (χ2v) is 3.11. The maximum atomic E-state index is 11.1. The van der Waals surface area contributed by atoms with Gasteiger partial charge in [-0.15, -0.1) is 0 Å². The number of carbonyl (C=O) groups excluding carboxylic acids is 1. The van der Waals surface area contributed by atoms with Gasteiger partial charge in [0.1, 0.15) is 6.54 Å². The van der Waals surface area contributed by atoms with Gasteiger partial charge in [0.15, 0.2) is 0 Å². The molecular weight excluding hydrogens is 208 g/mol. The zero-order valence-electron chi connectivity index (χ0n) is 8.51. The second kappa shape index (κ2) is 5.55. The Kier molecular flexibility index (Phi) is 4.08. The zero-order chi connectivity index (χ0) is 12.0. The van der Waals surface area contributed by atoms with E-state index in [1.54, 1.807) is 30.3 Å². The third kappa shape index (κ3) is 4.28. The van der Waals surface area contributed by atoms with Crippen molar-refractivity contribution in [3.05, 3.63) is 35.9 Å². The Bertz CT molecular complexity index is 410. The molecular formula is C11H12N2O3. The summed E-state index contributed by atoms with van der Waals surface area (Å²) in [6.07, 6.45) is 2.85. The molecule has 0 radical (unpaired) electrons. The van der Waals surface area contributed by atoms with Gasteiger partial charge in [0.25, 0.3) is 0 Å². The lowest BCUT2D eigenvalue weighted by atomic mass is 10.2. The Morgan fingerprint density at radius 1 is 1.31 bits per heavy atom. The number of benzene rings is 1. The number of anilines is 1. The van der Waals surface area contributed by atoms with E-state index in [2.05, 4.69) is 5.32 Å². The van der Waals surface area contributed by atoms with E-state index in [4.69, 9.17) is 10.8 Å². The summed E-state index contributed by atoms with van der Waals surface area (Å²) in [5, 5.41) is 10.5. The van der Waals surface area contributed by atoms with E-state index in [0.29, 0.717) is 5.69 Å². The summed E-state index contributed by atoms with van der Waals surface area (Å²) >= 11 is 0. The quantitative estimate of drug-likeness (QED) is 0.508. The first kappa shape index (κ1) is 11.8. The number of nitrogens with one attached hydrogen (secondary N) is 1. The van der Waals surface area contributed by atoms with Crippen LogP contribution in [-0.2, 0) is 9.59 Å². The highest BCUT2D eigenvalue weighted by molar-refractivity contribution is 5.93. The molecule has 0 aliphatic carbocycles. The number of carbonyl (C=O) groups is 2. The summed E-state index contributed by atoms with van der Waals surface area (Å²) in [5.41, 5.74) is 6.96. The molecule has 5 nitrogen and oxygen atoms in total. The monoisotopic (exact) mass is 220 g/mol. The largest absolute Gasteiger partial charge is 0.480 e. The van der Waals surface area contributed by atoms with Crippen molar-refractivity contribution in [2.24, 2.45) is 0 Å². The van der Waals surface area contributed by atoms with Crippen LogP contribution in [0.15, 0.2) is 30.3 Å². The van der Waals surface area contributed by atoms with Crippen molar-refractivity contribution in [3.63, 3.8) is 0 Å². The first-order valence-electron chi connectivity index (χ1n) is 4.61. The molecule has 1 aromatic rings. The number of carboxylic acid groups (broad SMARTS) is 1. The normalized spacial score (nSPS) is 10.2. The second-order valence-electron chi connectivity index (χ2n) is 3.11. The van der Waals surface area contributed by atoms with Crippen molar-refractivity contribution in [1.82, 2.24) is 5.32 Å². The summed E-state index contributed by atoms with van der Waals surface area (Å²) < 4.78 is 0. The number of rotatable bonds is 4. The Morgan fingerprint density at radius 3 is 2.50 bits per heavy atom. The van der Waals surface area contributed by atoms with Crippen LogP contribution in [0.25, 0.3) is 6.08 Å². The van der Waals surface area contributed by atoms with E-state index >= 15 is 0 Å². The van der Waals surface area contributed by atoms with Crippen molar-refractivity contribution >= 4 is 23.6 Å². The van der Waals surface area contributed by atoms with Crippen LogP contribution in [0.1, 0.15) is 5.56 Å². The number of hydrogen-bond acceptors (Lipinski definition) is 3. The lowest BCUT2D eigenvalue weighted by Crippen LogP contribution is -2.27. The highest BCUT2D eigenvalue weighted by Gasteiger charge is 1.98. The molecule has 5 heteroatoms. The summed E-state index contributed by atoms with van der Waals surface area (Å²) in [6.45, 7) is -0.384. The van der Waals surface area contributed by atoms with Crippen LogP contribution in [-0.4, -0.2) is 23.5 Å². The maximum absolute atomic E-state index is 11.1. The molecule has 16 heavy (non-hydrogen) atoms. The maximum Gasteiger partial charge on any atom is 0.322 e. The molecule has 4 N–H and O–H groups in total. The minimum Gasteiger partial charge on any atom is -0.480 e. The van der Waals surface area contributed by atoms with Crippen LogP contribution in [0.4, 0.5) is 5.69 Å². The standard InChI is InChI=1S/C11H12N2O3/c12-9-4-1-8(2-5-9)3-6-10(14)13-7-11(15)16/h1-6H,7,12H2,(H,13,14)(H,15,16)/b6-3+. The van der Waals surface area contributed by atoms with Gasteiger partial charge in [0, 0.05) is 11.8 Å². The molecule has 0 aliphatic heterocycles. The Hall–Kier alpha value is -2.30. The van der Waals surface area contributed by atoms with E-state index in [-0.39, 0.29) is 6.54 Å². The predicted octanol–water partition coefficient (Wildman–Crippen LogP) is 0.483. The van der Waals surface area contributed by atoms with Gasteiger partial charge in [-0.1, -0.05) is 12.1 Å². The van der Waals surface area contributed by atoms with Gasteiger partial charge in [-0.2, -0.15) is 0 Å². The predicted molar refractivity (Wildman–Crippen MR) is 60.5 cm³/mol. The number of hydrogen-bond donors (Lipinski definition) is 3. The molecule has 1 amide bonds. The van der Waals surface area contributed by atoms with Crippen LogP contribution in [0, 0.1) is 0 Å². The average Bonchev–Trinajstić information content (AvgIpc) is 2.25. The molecule has 1 aromatic carbocycles. The summed E-state index contributed by atoms with van der Waals surface area (Å²) in [6, 6.07) is 6.95. The van der Waals surface area contributed by atoms with E-state index in [1.165, 1.54) is 6.08 Å². The van der Waals surface area contributed by atoms with Gasteiger partial charge >= 0.3 is 5.97 Å². The molecule has 0 aromatic heterocycles. The molecule has 0 aliphatic rings. The van der Waals surface area contributed by atoms with Crippen molar-refractivity contribution in [3.8, 4) is 0 Å². The Morgan fingerprint density at radius 2 is 1.94 bits per heavy atom. The van der Waals surface area contributed by atoms with Gasteiger partial charge in [0.2, 0.25) is 5.91 Å². The van der Waals surface area contributed by atoms with Gasteiger partial charge < -0.3 is 16.2 Å². The third-order valence-corrected chi connectivity index (χ3v) is 1.78. The molecule has 0 fully saturated rings. The highest BCUT2D eigenvalue weighted by atomic mass is 16.4. The minimum absolute atomic E-state index is 0.384. The fraction of sp³-hybridized carbons (Fsp3) is 0.0909. The van der Waals surface area contributed by atoms with Gasteiger partial charge in [0.05, 0.1) is 0 Å². The number of amides is 1. The van der Waals surface area contributed by atoms with Crippen LogP contribution < -0.4 is 11.1 Å². The Labute approximate surface area is 92.6 Å². The third-order valence-electron chi connectivity index (χ3n) is 1.78. The first-order chi connectivity index (χ1) is 7.58. The van der Waals surface area contributed by atoms with E-state index in [0.717, 1.165) is 5.56 Å². The highest BCUT2D eigenvalue weighted by Crippen LogP contribution is 2.06. The van der Waals surface area contributed by atoms with E-state index in [9.17, 15) is 9.59 Å². The van der Waals surface area contributed by atoms with Gasteiger partial charge in [-0.25, -0.2) is 0 Å². The minimum atomic E-state index is -1.07. The smallest absolute Gasteiger partial charge is 0.322 e. The lowest BCUT2D eigenvalue weighted by Gasteiger charge is -1.97. The molecule has 0 heterocycles. The van der Waals surface area contributed by atoms with Crippen molar-refractivity contribution < 1.29 is 14.7 Å². The zero-order valence-corrected chi connectivity index (χ0v) is 8.51. The van der Waals surface area contributed by atoms with Crippen LogP contribution in [0.5, 0.6) is 0 Å². The molecule has 1 rings (SSSR count). The van der Waals surface area contributed by atoms with Crippen LogP contribution in [0.3, 0.4) is 0 Å². The molecule has 0 saturated carbocycles. The van der Waals surface area contributed by atoms with Crippen molar-refractivity contribution in [2.45, 2.75) is 0 Å². The molecule has 0 saturated heterocycles. The SMILES string of the molecule is Nc1ccc(/C=C/C(=O)NCC(=O)O)cc1. The molecule has 0 unspecified atom stereocenters. The molecule has 84 valence electrons. The number of nitrogens with two attached hydrogens (primary N) is 1. The summed E-state index contributed by atoms with van der Waals surface area (Å²) in [7, 11) is 0. The van der Waals surface area contributed by atoms with E-state index in [1.807, 2.05) is 0 Å². The number of nitrogen functional groups attached to an aromatic ring is 1. The van der Waals surface area contributed by atoms with Crippen LogP contribution >= 0.6 is 0 Å². The topological polar surface area (TPSA) is 92.4 Å². The molecule has 0 atom stereocenters. The van der Waals surface area contributed by atoms with Gasteiger partial charge in [-0.05, 0) is 23.8 Å². The lowest BCUT2D eigenvalue weighted by molar-refractivity contribution is -0.137. The number of aliphatic carboxylic acids is 1. The van der Waals surface area contributed by atoms with E-state index < -0.39 is 11.9 Å².